The minimum absolute atomic E-state index is 0.0513. The number of esters is 4. The Morgan fingerprint density at radius 1 is 0.274 bits per heavy atom. The SMILES string of the molecule is CC/C=C\C/C=C\C/C=C\C/C=C\C/C=C\CCCCCC(=O)OCC(COP(=O)(O)OCC(O)COP(=O)(O)OCC(COC(=O)CCCCCC/C=C\C/C=C\C/C=C\C/C=C\CC)OC(=O)CCCCCCC/C=C\C/C=C\CCC)OC(=O)CCCCCC/C=C\C/C=C\C/C=C\C/C=C\CC. The third kappa shape index (κ3) is 76.4. The number of hydrogen-bond donors (Lipinski definition) is 3. The monoisotopic (exact) mass is 1520 g/mol. The van der Waals surface area contributed by atoms with Crippen molar-refractivity contribution < 1.29 is 80.2 Å². The molecule has 3 N–H and O–H groups in total. The van der Waals surface area contributed by atoms with Crippen LogP contribution in [0, 0.1) is 0 Å². The highest BCUT2D eigenvalue weighted by atomic mass is 31.2. The van der Waals surface area contributed by atoms with Gasteiger partial charge in [0.1, 0.15) is 19.3 Å². The van der Waals surface area contributed by atoms with Crippen LogP contribution in [0.3, 0.4) is 0 Å². The molecule has 5 atom stereocenters. The van der Waals surface area contributed by atoms with Crippen molar-refractivity contribution in [2.24, 2.45) is 0 Å². The first kappa shape index (κ1) is 100. The molecule has 0 heterocycles. The summed E-state index contributed by atoms with van der Waals surface area (Å²) in [6, 6.07) is 0. The van der Waals surface area contributed by atoms with E-state index in [1.165, 1.54) is 0 Å². The van der Waals surface area contributed by atoms with Gasteiger partial charge in [-0.1, -0.05) is 268 Å². The molecule has 0 rings (SSSR count). The first-order chi connectivity index (χ1) is 51.7. The maximum Gasteiger partial charge on any atom is 0.472 e. The lowest BCUT2D eigenvalue weighted by Crippen LogP contribution is -2.30. The highest BCUT2D eigenvalue weighted by Crippen LogP contribution is 2.45. The Kier molecular flexibility index (Phi) is 73.1. The van der Waals surface area contributed by atoms with Crippen molar-refractivity contribution in [3.63, 3.8) is 0 Å². The van der Waals surface area contributed by atoms with Gasteiger partial charge in [0.05, 0.1) is 26.4 Å². The van der Waals surface area contributed by atoms with Crippen molar-refractivity contribution in [3.8, 4) is 0 Å². The van der Waals surface area contributed by atoms with E-state index >= 15 is 0 Å². The minimum Gasteiger partial charge on any atom is -0.462 e. The smallest absolute Gasteiger partial charge is 0.462 e. The summed E-state index contributed by atoms with van der Waals surface area (Å²) in [4.78, 5) is 73.1. The van der Waals surface area contributed by atoms with Crippen molar-refractivity contribution in [1.82, 2.24) is 0 Å². The lowest BCUT2D eigenvalue weighted by atomic mass is 10.1. The van der Waals surface area contributed by atoms with E-state index in [1.807, 2.05) is 0 Å². The summed E-state index contributed by atoms with van der Waals surface area (Å²) in [5.74, 6) is -2.30. The van der Waals surface area contributed by atoms with E-state index in [4.69, 9.17) is 37.0 Å². The van der Waals surface area contributed by atoms with Gasteiger partial charge in [-0.3, -0.25) is 37.3 Å². The Hall–Kier alpha value is -5.84. The molecule has 0 bridgehead atoms. The fraction of sp³-hybridized carbons (Fsp3) is 0.609. The average Bonchev–Trinajstić information content (AvgIpc) is 0.907. The van der Waals surface area contributed by atoms with Gasteiger partial charge in [-0.2, -0.15) is 0 Å². The average molecular weight is 1520 g/mol. The van der Waals surface area contributed by atoms with Gasteiger partial charge in [0, 0.05) is 25.7 Å². The zero-order valence-corrected chi connectivity index (χ0v) is 67.3. The van der Waals surface area contributed by atoms with Crippen molar-refractivity contribution in [2.45, 2.75) is 303 Å². The number of aliphatic hydroxyl groups is 1. The molecule has 0 fully saturated rings. The van der Waals surface area contributed by atoms with Crippen molar-refractivity contribution >= 4 is 39.5 Å². The van der Waals surface area contributed by atoms with Gasteiger partial charge in [0.25, 0.3) is 0 Å². The molecule has 0 aromatic heterocycles. The topological polar surface area (TPSA) is 237 Å². The van der Waals surface area contributed by atoms with Crippen LogP contribution >= 0.6 is 15.6 Å². The van der Waals surface area contributed by atoms with Crippen LogP contribution in [-0.2, 0) is 65.4 Å². The molecule has 0 aromatic carbocycles. The highest BCUT2D eigenvalue weighted by molar-refractivity contribution is 7.47. The molecule has 600 valence electrons. The lowest BCUT2D eigenvalue weighted by Gasteiger charge is -2.21. The highest BCUT2D eigenvalue weighted by Gasteiger charge is 2.30. The van der Waals surface area contributed by atoms with Crippen LogP contribution in [0.25, 0.3) is 0 Å². The van der Waals surface area contributed by atoms with Crippen molar-refractivity contribution in [2.75, 3.05) is 39.6 Å². The molecule has 0 aliphatic carbocycles. The molecule has 0 spiro atoms. The first-order valence-electron chi connectivity index (χ1n) is 40.0. The van der Waals surface area contributed by atoms with E-state index in [0.29, 0.717) is 25.7 Å². The number of rotatable bonds is 73. The third-order valence-corrected chi connectivity index (χ3v) is 17.7. The number of aliphatic hydroxyl groups excluding tert-OH is 1. The quantitative estimate of drug-likeness (QED) is 0.0169. The zero-order chi connectivity index (χ0) is 77.4. The van der Waals surface area contributed by atoms with Crippen LogP contribution in [0.1, 0.15) is 285 Å². The van der Waals surface area contributed by atoms with E-state index in [2.05, 4.69) is 210 Å². The number of ether oxygens (including phenoxy) is 4. The Balaban J connectivity index is 5.47. The van der Waals surface area contributed by atoms with Gasteiger partial charge < -0.3 is 33.8 Å². The second kappa shape index (κ2) is 77.3. The fourth-order valence-corrected chi connectivity index (χ4v) is 11.4. The van der Waals surface area contributed by atoms with Gasteiger partial charge in [-0.05, 0) is 173 Å². The lowest BCUT2D eigenvalue weighted by molar-refractivity contribution is -0.161. The fourth-order valence-electron chi connectivity index (χ4n) is 9.85. The van der Waals surface area contributed by atoms with E-state index in [1.54, 1.807) is 0 Å². The largest absolute Gasteiger partial charge is 0.472 e. The number of phosphoric acid groups is 2. The Morgan fingerprint density at radius 2 is 0.491 bits per heavy atom. The molecule has 5 unspecified atom stereocenters. The minimum atomic E-state index is -5.01. The van der Waals surface area contributed by atoms with Crippen molar-refractivity contribution in [3.05, 3.63) is 182 Å². The summed E-state index contributed by atoms with van der Waals surface area (Å²) in [5.41, 5.74) is 0. The summed E-state index contributed by atoms with van der Waals surface area (Å²) in [6.45, 7) is 4.34. The number of allylic oxidation sites excluding steroid dienone is 30. The molecule has 0 amide bonds. The summed E-state index contributed by atoms with van der Waals surface area (Å²) >= 11 is 0. The third-order valence-electron chi connectivity index (χ3n) is 15.8. The summed E-state index contributed by atoms with van der Waals surface area (Å²) in [5, 5.41) is 10.6. The van der Waals surface area contributed by atoms with Gasteiger partial charge in [0.15, 0.2) is 12.2 Å². The maximum atomic E-state index is 13.1. The second-order valence-electron chi connectivity index (χ2n) is 25.9. The second-order valence-corrected chi connectivity index (χ2v) is 28.8. The maximum absolute atomic E-state index is 13.1. The normalized spacial score (nSPS) is 14.8. The molecule has 0 aliphatic rings. The first-order valence-corrected chi connectivity index (χ1v) is 43.0. The summed E-state index contributed by atoms with van der Waals surface area (Å²) < 4.78 is 68.6. The Bertz CT molecular complexity index is 2730. The molecular formula is C87H140O17P2. The summed E-state index contributed by atoms with van der Waals surface area (Å²) in [6.07, 6.45) is 93.0. The molecule has 0 aromatic rings. The predicted octanol–water partition coefficient (Wildman–Crippen LogP) is 23.6. The van der Waals surface area contributed by atoms with E-state index in [0.717, 1.165) is 205 Å². The molecule has 0 aliphatic heterocycles. The molecule has 0 saturated heterocycles. The van der Waals surface area contributed by atoms with Crippen LogP contribution in [0.4, 0.5) is 0 Å². The Labute approximate surface area is 641 Å². The van der Waals surface area contributed by atoms with Crippen LogP contribution < -0.4 is 0 Å². The zero-order valence-electron chi connectivity index (χ0n) is 65.5. The van der Waals surface area contributed by atoms with E-state index < -0.39 is 97.5 Å². The summed E-state index contributed by atoms with van der Waals surface area (Å²) in [7, 11) is -10.0. The number of phosphoric ester groups is 2. The molecular weight excluding hydrogens is 1380 g/mol. The van der Waals surface area contributed by atoms with Crippen LogP contribution in [0.5, 0.6) is 0 Å². The predicted molar refractivity (Wildman–Crippen MR) is 436 cm³/mol. The van der Waals surface area contributed by atoms with E-state index in [9.17, 15) is 43.2 Å². The Morgan fingerprint density at radius 3 is 0.764 bits per heavy atom. The molecule has 19 heteroatoms. The number of unbranched alkanes of at least 4 members (excludes halogenated alkanes) is 17. The van der Waals surface area contributed by atoms with Crippen LogP contribution in [-0.4, -0.2) is 96.7 Å². The van der Waals surface area contributed by atoms with Gasteiger partial charge >= 0.3 is 39.5 Å². The molecule has 0 saturated carbocycles. The standard InChI is InChI=1S/C87H140O17P2/c1-5-9-13-17-21-25-29-33-36-39-40-43-45-49-52-56-60-64-68-72-85(90)98-78-83(104-87(92)74-70-66-62-58-54-50-46-42-38-35-31-27-23-19-15-11-7-3)80-102-106(95,96)100-76-81(88)75-99-105(93,94)101-79-82(103-86(91)73-69-65-61-57-53-47-32-28-24-20-16-12-8-4)77-97-84(89)71-67-63-59-55-51-48-44-41-37-34-30-26-22-18-14-10-6-2/h9-11,13-16,20-23,25-28,32-38,40,43-44,46,48-50,52,81-83,88H,5-8,12,17-19,24,29-31,39,41-42,45,47,51,53-80H2,1-4H3,(H,93,94)(H,95,96)/b13-9-,14-10-,15-11-,20-16-,25-21-,26-22-,27-23-,32-28-,36-33-,37-34-,38-35-,43-40-,48-44-,50-46-,52-49-. The molecule has 0 radical (unpaired) electrons. The molecule has 17 nitrogen and oxygen atoms in total. The van der Waals surface area contributed by atoms with Gasteiger partial charge in [0.2, 0.25) is 0 Å². The molecule has 106 heavy (non-hydrogen) atoms. The number of carbonyl (C=O) groups excluding carboxylic acids is 4. The van der Waals surface area contributed by atoms with Gasteiger partial charge in [-0.25, -0.2) is 9.13 Å². The van der Waals surface area contributed by atoms with Crippen LogP contribution in [0.2, 0.25) is 0 Å². The van der Waals surface area contributed by atoms with Crippen LogP contribution in [0.15, 0.2) is 182 Å². The van der Waals surface area contributed by atoms with Gasteiger partial charge in [-0.15, -0.1) is 0 Å². The van der Waals surface area contributed by atoms with Crippen molar-refractivity contribution in [1.29, 1.82) is 0 Å². The number of hydrogen-bond acceptors (Lipinski definition) is 15. The number of carbonyl (C=O) groups is 4. The van der Waals surface area contributed by atoms with E-state index in [-0.39, 0.29) is 25.7 Å².